The number of hydrogen-bond acceptors (Lipinski definition) is 2. The maximum Gasteiger partial charge on any atom is 0.175 e. The average Bonchev–Trinajstić information content (AvgIpc) is 2.18. The van der Waals surface area contributed by atoms with E-state index in [1.165, 1.54) is 18.2 Å². The summed E-state index contributed by atoms with van der Waals surface area (Å²) < 4.78 is 36.3. The van der Waals surface area contributed by atoms with Gasteiger partial charge in [-0.25, -0.2) is 12.8 Å². The lowest BCUT2D eigenvalue weighted by Crippen LogP contribution is -2.00. The van der Waals surface area contributed by atoms with Crippen molar-refractivity contribution in [1.82, 2.24) is 0 Å². The second-order valence-corrected chi connectivity index (χ2v) is 6.39. The van der Waals surface area contributed by atoms with Crippen molar-refractivity contribution in [2.24, 2.45) is 0 Å². The third-order valence-electron chi connectivity index (χ3n) is 2.57. The standard InChI is InChI=1S/C12H10ClFO2S/c1-7-3-8-5-11(14)10(13)4-9(8)6-12(7)17(2,15)16/h3-6H,1-2H3. The summed E-state index contributed by atoms with van der Waals surface area (Å²) in [4.78, 5) is 0.243. The van der Waals surface area contributed by atoms with E-state index in [2.05, 4.69) is 0 Å². The van der Waals surface area contributed by atoms with E-state index < -0.39 is 15.7 Å². The normalized spacial score (nSPS) is 12.0. The highest BCUT2D eigenvalue weighted by Gasteiger charge is 2.13. The van der Waals surface area contributed by atoms with E-state index in [0.29, 0.717) is 16.3 Å². The Bertz CT molecular complexity index is 708. The number of benzene rings is 2. The Morgan fingerprint density at radius 3 is 2.29 bits per heavy atom. The molecule has 5 heteroatoms. The van der Waals surface area contributed by atoms with Crippen LogP contribution in [0.2, 0.25) is 5.02 Å². The molecule has 0 aromatic heterocycles. The Kier molecular flexibility index (Phi) is 2.87. The Balaban J connectivity index is 2.86. The minimum atomic E-state index is -3.28. The van der Waals surface area contributed by atoms with Gasteiger partial charge in [0.05, 0.1) is 9.92 Å². The van der Waals surface area contributed by atoms with Crippen molar-refractivity contribution in [2.45, 2.75) is 11.8 Å². The summed E-state index contributed by atoms with van der Waals surface area (Å²) in [7, 11) is -3.28. The smallest absolute Gasteiger partial charge is 0.175 e. The summed E-state index contributed by atoms with van der Waals surface area (Å²) in [6.07, 6.45) is 1.15. The largest absolute Gasteiger partial charge is 0.224 e. The number of halogens is 2. The van der Waals surface area contributed by atoms with Gasteiger partial charge in [0.2, 0.25) is 0 Å². The first kappa shape index (κ1) is 12.3. The Morgan fingerprint density at radius 2 is 1.71 bits per heavy atom. The van der Waals surface area contributed by atoms with Gasteiger partial charge in [-0.1, -0.05) is 17.7 Å². The van der Waals surface area contributed by atoms with Gasteiger partial charge in [0, 0.05) is 6.26 Å². The number of sulfone groups is 1. The SMILES string of the molecule is Cc1cc2cc(F)c(Cl)cc2cc1S(C)(=O)=O. The highest BCUT2D eigenvalue weighted by atomic mass is 35.5. The Labute approximate surface area is 104 Å². The van der Waals surface area contributed by atoms with Gasteiger partial charge in [-0.2, -0.15) is 0 Å². The number of aryl methyl sites for hydroxylation is 1. The van der Waals surface area contributed by atoms with Crippen LogP contribution >= 0.6 is 11.6 Å². The third kappa shape index (κ3) is 2.28. The lowest BCUT2D eigenvalue weighted by molar-refractivity contribution is 0.601. The molecule has 0 atom stereocenters. The first-order valence-corrected chi connectivity index (χ1v) is 7.15. The molecule has 90 valence electrons. The molecule has 0 bridgehead atoms. The molecule has 0 radical (unpaired) electrons. The molecule has 0 fully saturated rings. The summed E-state index contributed by atoms with van der Waals surface area (Å²) in [6.45, 7) is 1.68. The monoisotopic (exact) mass is 272 g/mol. The van der Waals surface area contributed by atoms with Crippen molar-refractivity contribution in [2.75, 3.05) is 6.26 Å². The molecule has 2 aromatic rings. The molecule has 0 spiro atoms. The predicted molar refractivity (Wildman–Crippen MR) is 66.8 cm³/mol. The van der Waals surface area contributed by atoms with Gasteiger partial charge in [0.15, 0.2) is 9.84 Å². The molecule has 0 amide bonds. The van der Waals surface area contributed by atoms with Crippen molar-refractivity contribution < 1.29 is 12.8 Å². The fraction of sp³-hybridized carbons (Fsp3) is 0.167. The van der Waals surface area contributed by atoms with Crippen molar-refractivity contribution in [3.63, 3.8) is 0 Å². The van der Waals surface area contributed by atoms with Crippen molar-refractivity contribution >= 4 is 32.2 Å². The summed E-state index contributed by atoms with van der Waals surface area (Å²) >= 11 is 5.67. The number of fused-ring (bicyclic) bond motifs is 1. The highest BCUT2D eigenvalue weighted by Crippen LogP contribution is 2.27. The zero-order valence-corrected chi connectivity index (χ0v) is 10.9. The van der Waals surface area contributed by atoms with Crippen LogP contribution in [0.5, 0.6) is 0 Å². The van der Waals surface area contributed by atoms with Crippen LogP contribution in [0.4, 0.5) is 4.39 Å². The van der Waals surface area contributed by atoms with Crippen molar-refractivity contribution in [3.05, 3.63) is 40.7 Å². The van der Waals surface area contributed by atoms with E-state index in [-0.39, 0.29) is 9.92 Å². The number of hydrogen-bond donors (Lipinski definition) is 0. The van der Waals surface area contributed by atoms with Crippen LogP contribution in [0, 0.1) is 12.7 Å². The maximum absolute atomic E-state index is 13.3. The molecule has 0 saturated heterocycles. The van der Waals surface area contributed by atoms with Gasteiger partial charge < -0.3 is 0 Å². The Hall–Kier alpha value is -1.13. The van der Waals surface area contributed by atoms with Gasteiger partial charge in [-0.3, -0.25) is 0 Å². The van der Waals surface area contributed by atoms with Gasteiger partial charge in [-0.15, -0.1) is 0 Å². The van der Waals surface area contributed by atoms with Crippen LogP contribution in [-0.4, -0.2) is 14.7 Å². The van der Waals surface area contributed by atoms with E-state index in [1.807, 2.05) is 0 Å². The first-order valence-electron chi connectivity index (χ1n) is 4.88. The molecule has 0 heterocycles. The van der Waals surface area contributed by atoms with Gasteiger partial charge >= 0.3 is 0 Å². The molecule has 0 saturated carbocycles. The van der Waals surface area contributed by atoms with Crippen LogP contribution in [0.25, 0.3) is 10.8 Å². The summed E-state index contributed by atoms with van der Waals surface area (Å²) in [5.41, 5.74) is 0.599. The molecule has 2 rings (SSSR count). The molecule has 0 N–H and O–H groups in total. The molecule has 0 aliphatic carbocycles. The first-order chi connectivity index (χ1) is 7.79. The highest BCUT2D eigenvalue weighted by molar-refractivity contribution is 7.90. The van der Waals surface area contributed by atoms with Crippen LogP contribution in [0.1, 0.15) is 5.56 Å². The van der Waals surface area contributed by atoms with Crippen LogP contribution < -0.4 is 0 Å². The molecular weight excluding hydrogens is 263 g/mol. The average molecular weight is 273 g/mol. The van der Waals surface area contributed by atoms with E-state index in [9.17, 15) is 12.8 Å². The van der Waals surface area contributed by atoms with Crippen LogP contribution in [-0.2, 0) is 9.84 Å². The third-order valence-corrected chi connectivity index (χ3v) is 4.10. The molecule has 2 nitrogen and oxygen atoms in total. The molecular formula is C12H10ClFO2S. The fourth-order valence-electron chi connectivity index (χ4n) is 1.79. The van der Waals surface area contributed by atoms with E-state index in [1.54, 1.807) is 13.0 Å². The van der Waals surface area contributed by atoms with Gasteiger partial charge in [0.1, 0.15) is 5.82 Å². The second-order valence-electron chi connectivity index (χ2n) is 4.00. The minimum Gasteiger partial charge on any atom is -0.224 e. The molecule has 17 heavy (non-hydrogen) atoms. The fourth-order valence-corrected chi connectivity index (χ4v) is 2.94. The van der Waals surface area contributed by atoms with Crippen molar-refractivity contribution in [3.8, 4) is 0 Å². The lowest BCUT2D eigenvalue weighted by atomic mass is 10.1. The Morgan fingerprint density at radius 1 is 1.12 bits per heavy atom. The minimum absolute atomic E-state index is 0.0131. The number of rotatable bonds is 1. The van der Waals surface area contributed by atoms with E-state index in [0.717, 1.165) is 6.26 Å². The summed E-state index contributed by atoms with van der Waals surface area (Å²) in [6, 6.07) is 5.90. The molecule has 0 aliphatic rings. The van der Waals surface area contributed by atoms with E-state index in [4.69, 9.17) is 11.6 Å². The lowest BCUT2D eigenvalue weighted by Gasteiger charge is -2.07. The maximum atomic E-state index is 13.3. The molecule has 0 unspecified atom stereocenters. The summed E-state index contributed by atoms with van der Waals surface area (Å²) in [5, 5.41) is 1.24. The topological polar surface area (TPSA) is 34.1 Å². The zero-order chi connectivity index (χ0) is 12.8. The summed E-state index contributed by atoms with van der Waals surface area (Å²) in [5.74, 6) is -0.509. The van der Waals surface area contributed by atoms with Crippen LogP contribution in [0.15, 0.2) is 29.2 Å². The van der Waals surface area contributed by atoms with E-state index >= 15 is 0 Å². The van der Waals surface area contributed by atoms with Gasteiger partial charge in [0.25, 0.3) is 0 Å². The molecule has 2 aromatic carbocycles. The second kappa shape index (κ2) is 3.96. The van der Waals surface area contributed by atoms with Crippen LogP contribution in [0.3, 0.4) is 0 Å². The van der Waals surface area contributed by atoms with Crippen molar-refractivity contribution in [1.29, 1.82) is 0 Å². The zero-order valence-electron chi connectivity index (χ0n) is 9.29. The molecule has 0 aliphatic heterocycles. The predicted octanol–water partition coefficient (Wildman–Crippen LogP) is 3.34. The quantitative estimate of drug-likeness (QED) is 0.798. The van der Waals surface area contributed by atoms with Gasteiger partial charge in [-0.05, 0) is 41.5 Å².